The van der Waals surface area contributed by atoms with Gasteiger partial charge in [-0.3, -0.25) is 14.4 Å². The van der Waals surface area contributed by atoms with Gasteiger partial charge < -0.3 is 19.4 Å². The van der Waals surface area contributed by atoms with E-state index in [0.717, 1.165) is 17.5 Å². The lowest BCUT2D eigenvalue weighted by molar-refractivity contribution is -0.116. The molecule has 184 valence electrons. The minimum absolute atomic E-state index is 0.0205. The third-order valence-electron chi connectivity index (χ3n) is 6.10. The number of aromatic nitrogens is 1. The first kappa shape index (κ1) is 24.7. The summed E-state index contributed by atoms with van der Waals surface area (Å²) in [5.74, 6) is 0.336. The predicted molar refractivity (Wildman–Crippen MR) is 140 cm³/mol. The highest BCUT2D eigenvalue weighted by atomic mass is 16.5. The van der Waals surface area contributed by atoms with Gasteiger partial charge in [-0.25, -0.2) is 0 Å². The van der Waals surface area contributed by atoms with Crippen molar-refractivity contribution >= 4 is 28.3 Å². The molecule has 0 saturated carbocycles. The Morgan fingerprint density at radius 1 is 0.944 bits per heavy atom. The van der Waals surface area contributed by atoms with Crippen molar-refractivity contribution in [3.05, 3.63) is 99.3 Å². The van der Waals surface area contributed by atoms with Crippen molar-refractivity contribution in [2.45, 2.75) is 26.8 Å². The van der Waals surface area contributed by atoms with Crippen LogP contribution in [-0.4, -0.2) is 30.5 Å². The number of amides is 1. The van der Waals surface area contributed by atoms with E-state index in [0.29, 0.717) is 33.7 Å². The lowest BCUT2D eigenvalue weighted by Gasteiger charge is -2.15. The first-order valence-electron chi connectivity index (χ1n) is 11.6. The standard InChI is InChI=1S/C29H28N2O5/c1-5-19-7-9-20(10-8-19)28(33)23-16-31(25-13-6-18(2)14-22(25)29(23)34)17-27(32)30-24-12-11-21(35-3)15-26(24)36-4/h6-16H,5,17H2,1-4H3,(H,30,32). The molecule has 0 aliphatic heterocycles. The smallest absolute Gasteiger partial charge is 0.244 e. The zero-order chi connectivity index (χ0) is 25.8. The number of hydrogen-bond acceptors (Lipinski definition) is 5. The number of ketones is 1. The highest BCUT2D eigenvalue weighted by Crippen LogP contribution is 2.29. The maximum atomic E-state index is 13.3. The number of pyridine rings is 1. The summed E-state index contributed by atoms with van der Waals surface area (Å²) in [5.41, 5.74) is 3.13. The van der Waals surface area contributed by atoms with Crippen molar-refractivity contribution in [2.75, 3.05) is 19.5 Å². The lowest BCUT2D eigenvalue weighted by Crippen LogP contribution is -2.24. The number of fused-ring (bicyclic) bond motifs is 1. The molecule has 0 unspecified atom stereocenters. The molecule has 0 atom stereocenters. The highest BCUT2D eigenvalue weighted by molar-refractivity contribution is 6.10. The molecular formula is C29H28N2O5. The van der Waals surface area contributed by atoms with Gasteiger partial charge in [0.25, 0.3) is 0 Å². The van der Waals surface area contributed by atoms with Gasteiger partial charge in [0.15, 0.2) is 5.78 Å². The van der Waals surface area contributed by atoms with E-state index in [1.165, 1.54) is 13.3 Å². The summed E-state index contributed by atoms with van der Waals surface area (Å²) in [6, 6.07) is 17.7. The van der Waals surface area contributed by atoms with Crippen LogP contribution in [0.1, 0.15) is 34.0 Å². The van der Waals surface area contributed by atoms with E-state index in [9.17, 15) is 14.4 Å². The minimum Gasteiger partial charge on any atom is -0.497 e. The number of carbonyl (C=O) groups excluding carboxylic acids is 2. The van der Waals surface area contributed by atoms with Gasteiger partial charge in [0.05, 0.1) is 31.0 Å². The van der Waals surface area contributed by atoms with Crippen molar-refractivity contribution in [3.63, 3.8) is 0 Å². The second-order valence-electron chi connectivity index (χ2n) is 8.51. The number of hydrogen-bond donors (Lipinski definition) is 1. The zero-order valence-corrected chi connectivity index (χ0v) is 20.8. The number of aryl methyl sites for hydroxylation is 2. The molecule has 3 aromatic carbocycles. The zero-order valence-electron chi connectivity index (χ0n) is 20.8. The van der Waals surface area contributed by atoms with E-state index in [1.54, 1.807) is 54.1 Å². The van der Waals surface area contributed by atoms with Gasteiger partial charge in [-0.1, -0.05) is 42.8 Å². The monoisotopic (exact) mass is 484 g/mol. The number of anilines is 1. The van der Waals surface area contributed by atoms with E-state index in [1.807, 2.05) is 32.0 Å². The fraction of sp³-hybridized carbons (Fsp3) is 0.207. The molecule has 1 N–H and O–H groups in total. The largest absolute Gasteiger partial charge is 0.497 e. The highest BCUT2D eigenvalue weighted by Gasteiger charge is 2.19. The molecule has 0 aliphatic carbocycles. The van der Waals surface area contributed by atoms with Crippen molar-refractivity contribution in [1.29, 1.82) is 0 Å². The first-order chi connectivity index (χ1) is 17.3. The van der Waals surface area contributed by atoms with Gasteiger partial charge in [-0.15, -0.1) is 0 Å². The van der Waals surface area contributed by atoms with Crippen LogP contribution in [0, 0.1) is 6.92 Å². The van der Waals surface area contributed by atoms with Crippen molar-refractivity contribution in [3.8, 4) is 11.5 Å². The number of ether oxygens (including phenoxy) is 2. The summed E-state index contributed by atoms with van der Waals surface area (Å²) < 4.78 is 12.2. The molecule has 4 rings (SSSR count). The fourth-order valence-electron chi connectivity index (χ4n) is 4.10. The second kappa shape index (κ2) is 10.5. The summed E-state index contributed by atoms with van der Waals surface area (Å²) in [6.07, 6.45) is 2.32. The number of nitrogens with zero attached hydrogens (tertiary/aromatic N) is 1. The summed E-state index contributed by atoms with van der Waals surface area (Å²) in [7, 11) is 3.06. The Hall–Kier alpha value is -4.39. The van der Waals surface area contributed by atoms with Gasteiger partial charge in [0.2, 0.25) is 11.3 Å². The number of methoxy groups -OCH3 is 2. The third-order valence-corrected chi connectivity index (χ3v) is 6.10. The molecule has 1 aromatic heterocycles. The number of nitrogens with one attached hydrogen (secondary N) is 1. The molecule has 0 aliphatic rings. The van der Waals surface area contributed by atoms with Crippen LogP contribution < -0.4 is 20.2 Å². The van der Waals surface area contributed by atoms with E-state index >= 15 is 0 Å². The predicted octanol–water partition coefficient (Wildman–Crippen LogP) is 4.76. The van der Waals surface area contributed by atoms with Crippen LogP contribution in [0.3, 0.4) is 0 Å². The summed E-state index contributed by atoms with van der Waals surface area (Å²) in [4.78, 5) is 39.7. The molecule has 1 amide bonds. The molecule has 0 bridgehead atoms. The Labute approximate surface area is 209 Å². The van der Waals surface area contributed by atoms with Crippen molar-refractivity contribution in [1.82, 2.24) is 4.57 Å². The minimum atomic E-state index is -0.378. The molecule has 7 nitrogen and oxygen atoms in total. The maximum Gasteiger partial charge on any atom is 0.244 e. The summed E-state index contributed by atoms with van der Waals surface area (Å²) >= 11 is 0. The maximum absolute atomic E-state index is 13.3. The molecule has 0 spiro atoms. The SMILES string of the molecule is CCc1ccc(C(=O)c2cn(CC(=O)Nc3ccc(OC)cc3OC)c3ccc(C)cc3c2=O)cc1. The van der Waals surface area contributed by atoms with Gasteiger partial charge in [-0.2, -0.15) is 0 Å². The Balaban J connectivity index is 1.72. The Morgan fingerprint density at radius 3 is 2.36 bits per heavy atom. The first-order valence-corrected chi connectivity index (χ1v) is 11.6. The molecule has 4 aromatic rings. The van der Waals surface area contributed by atoms with E-state index in [4.69, 9.17) is 9.47 Å². The molecule has 36 heavy (non-hydrogen) atoms. The third kappa shape index (κ3) is 5.00. The average Bonchev–Trinajstić information content (AvgIpc) is 2.90. The molecule has 0 saturated heterocycles. The van der Waals surface area contributed by atoms with Gasteiger partial charge in [0.1, 0.15) is 18.0 Å². The van der Waals surface area contributed by atoms with Crippen LogP contribution in [0.4, 0.5) is 5.69 Å². The fourth-order valence-corrected chi connectivity index (χ4v) is 4.10. The lowest BCUT2D eigenvalue weighted by atomic mass is 10.00. The van der Waals surface area contributed by atoms with Crippen LogP contribution in [0.25, 0.3) is 10.9 Å². The van der Waals surface area contributed by atoms with Crippen molar-refractivity contribution < 1.29 is 19.1 Å². The van der Waals surface area contributed by atoms with Crippen LogP contribution in [0.5, 0.6) is 11.5 Å². The van der Waals surface area contributed by atoms with Crippen LogP contribution in [0.15, 0.2) is 71.7 Å². The van der Waals surface area contributed by atoms with E-state index < -0.39 is 0 Å². The van der Waals surface area contributed by atoms with Crippen LogP contribution in [-0.2, 0) is 17.8 Å². The van der Waals surface area contributed by atoms with Gasteiger partial charge >= 0.3 is 0 Å². The molecule has 1 heterocycles. The topological polar surface area (TPSA) is 86.6 Å². The van der Waals surface area contributed by atoms with E-state index in [-0.39, 0.29) is 29.2 Å². The average molecular weight is 485 g/mol. The molecule has 7 heteroatoms. The Bertz CT molecular complexity index is 1500. The second-order valence-corrected chi connectivity index (χ2v) is 8.51. The normalized spacial score (nSPS) is 10.8. The summed E-state index contributed by atoms with van der Waals surface area (Å²) in [5, 5.41) is 3.23. The number of benzene rings is 3. The summed E-state index contributed by atoms with van der Waals surface area (Å²) in [6.45, 7) is 3.81. The number of carbonyl (C=O) groups is 2. The van der Waals surface area contributed by atoms with E-state index in [2.05, 4.69) is 5.32 Å². The number of rotatable bonds is 8. The Kier molecular flexibility index (Phi) is 7.20. The van der Waals surface area contributed by atoms with Crippen LogP contribution in [0.2, 0.25) is 0 Å². The van der Waals surface area contributed by atoms with Gasteiger partial charge in [-0.05, 0) is 43.2 Å². The molecule has 0 radical (unpaired) electrons. The molecule has 0 fully saturated rings. The van der Waals surface area contributed by atoms with Crippen molar-refractivity contribution in [2.24, 2.45) is 0 Å². The van der Waals surface area contributed by atoms with Gasteiger partial charge in [0, 0.05) is 23.2 Å². The molecular weight excluding hydrogens is 456 g/mol. The Morgan fingerprint density at radius 2 is 1.69 bits per heavy atom. The quantitative estimate of drug-likeness (QED) is 0.365. The van der Waals surface area contributed by atoms with Crippen LogP contribution >= 0.6 is 0 Å².